The van der Waals surface area contributed by atoms with Gasteiger partial charge >= 0.3 is 5.97 Å². The van der Waals surface area contributed by atoms with Gasteiger partial charge in [0.1, 0.15) is 6.54 Å². The molecule has 0 aliphatic heterocycles. The van der Waals surface area contributed by atoms with E-state index in [0.717, 1.165) is 17.7 Å². The van der Waals surface area contributed by atoms with Gasteiger partial charge < -0.3 is 15.8 Å². The van der Waals surface area contributed by atoms with E-state index in [0.29, 0.717) is 12.3 Å². The summed E-state index contributed by atoms with van der Waals surface area (Å²) in [7, 11) is 0. The Morgan fingerprint density at radius 2 is 2.12 bits per heavy atom. The van der Waals surface area contributed by atoms with Crippen molar-refractivity contribution in [3.8, 4) is 0 Å². The lowest BCUT2D eigenvalue weighted by atomic mass is 10.1. The van der Waals surface area contributed by atoms with Crippen LogP contribution in [0.3, 0.4) is 0 Å². The molecular formula is C13H22N2O2. The van der Waals surface area contributed by atoms with Gasteiger partial charge in [0.15, 0.2) is 0 Å². The number of hydrogen-bond donors (Lipinski definition) is 2. The first-order chi connectivity index (χ1) is 8.04. The lowest BCUT2D eigenvalue weighted by Gasteiger charge is -2.11. The van der Waals surface area contributed by atoms with Gasteiger partial charge in [0.2, 0.25) is 0 Å². The third-order valence-electron chi connectivity index (χ3n) is 2.07. The van der Waals surface area contributed by atoms with Crippen molar-refractivity contribution in [2.75, 3.05) is 13.2 Å². The molecule has 0 saturated heterocycles. The molecule has 0 saturated carbocycles. The van der Waals surface area contributed by atoms with Gasteiger partial charge in [-0.3, -0.25) is 4.79 Å². The second-order valence-corrected chi connectivity index (χ2v) is 3.54. The number of carbonyl (C=O) groups excluding carboxylic acids is 1. The first-order valence-electron chi connectivity index (χ1n) is 5.73. The van der Waals surface area contributed by atoms with Crippen molar-refractivity contribution >= 4 is 5.97 Å². The molecule has 0 unspecified atom stereocenters. The fourth-order valence-corrected chi connectivity index (χ4v) is 1.31. The van der Waals surface area contributed by atoms with Crippen LogP contribution in [0.25, 0.3) is 0 Å². The van der Waals surface area contributed by atoms with Crippen LogP contribution in [-0.2, 0) is 9.53 Å². The van der Waals surface area contributed by atoms with E-state index in [9.17, 15) is 4.79 Å². The number of rotatable bonds is 7. The molecule has 0 bridgehead atoms. The topological polar surface area (TPSA) is 64.3 Å². The molecule has 0 spiro atoms. The third kappa shape index (κ3) is 6.45. The summed E-state index contributed by atoms with van der Waals surface area (Å²) in [6.45, 7) is 9.84. The standard InChI is InChI=1S/C13H22N2O2/c1-5-11(6-2)12(8-10(4)14)15-9-13(16)17-7-3/h5,8,15H,1,6-7,9,14H2,2-4H3/b10-8+,12-11-. The fraction of sp³-hybridized carbons (Fsp3) is 0.462. The Kier molecular flexibility index (Phi) is 7.59. The number of nitrogens with two attached hydrogens (primary N) is 1. The van der Waals surface area contributed by atoms with Crippen LogP contribution in [0.4, 0.5) is 0 Å². The Bertz CT molecular complexity index is 326. The summed E-state index contributed by atoms with van der Waals surface area (Å²) in [5.74, 6) is -0.285. The van der Waals surface area contributed by atoms with Crippen LogP contribution in [0.5, 0.6) is 0 Å². The molecule has 0 heterocycles. The van der Waals surface area contributed by atoms with Gasteiger partial charge in [-0.1, -0.05) is 19.6 Å². The van der Waals surface area contributed by atoms with E-state index in [1.807, 2.05) is 6.92 Å². The van der Waals surface area contributed by atoms with Crippen LogP contribution in [-0.4, -0.2) is 19.1 Å². The summed E-state index contributed by atoms with van der Waals surface area (Å²) in [5.41, 5.74) is 8.14. The van der Waals surface area contributed by atoms with Crippen molar-refractivity contribution in [2.24, 2.45) is 5.73 Å². The predicted octanol–water partition coefficient (Wildman–Crippen LogP) is 1.85. The normalized spacial score (nSPS) is 12.8. The highest BCUT2D eigenvalue weighted by Crippen LogP contribution is 2.09. The SMILES string of the molecule is C=C/C(CC)=C(\C=C(/C)N)NCC(=O)OCC. The Morgan fingerprint density at radius 3 is 2.53 bits per heavy atom. The summed E-state index contributed by atoms with van der Waals surface area (Å²) in [6.07, 6.45) is 4.37. The molecule has 0 rings (SSSR count). The maximum absolute atomic E-state index is 11.2. The van der Waals surface area contributed by atoms with Crippen LogP contribution in [0.15, 0.2) is 35.7 Å². The quantitative estimate of drug-likeness (QED) is 0.525. The molecule has 0 aromatic heterocycles. The van der Waals surface area contributed by atoms with E-state index in [4.69, 9.17) is 10.5 Å². The van der Waals surface area contributed by atoms with Gasteiger partial charge in [-0.25, -0.2) is 0 Å². The van der Waals surface area contributed by atoms with E-state index in [1.165, 1.54) is 0 Å². The number of hydrogen-bond acceptors (Lipinski definition) is 4. The number of ether oxygens (including phenoxy) is 1. The first-order valence-corrected chi connectivity index (χ1v) is 5.73. The summed E-state index contributed by atoms with van der Waals surface area (Å²) in [6, 6.07) is 0. The van der Waals surface area contributed by atoms with Crippen molar-refractivity contribution in [2.45, 2.75) is 27.2 Å². The van der Waals surface area contributed by atoms with Crippen molar-refractivity contribution in [1.82, 2.24) is 5.32 Å². The maximum atomic E-state index is 11.2. The largest absolute Gasteiger partial charge is 0.465 e. The molecule has 0 aromatic rings. The van der Waals surface area contributed by atoms with Gasteiger partial charge in [0.25, 0.3) is 0 Å². The monoisotopic (exact) mass is 238 g/mol. The summed E-state index contributed by atoms with van der Waals surface area (Å²) >= 11 is 0. The third-order valence-corrected chi connectivity index (χ3v) is 2.07. The summed E-state index contributed by atoms with van der Waals surface area (Å²) in [5, 5.41) is 3.02. The van der Waals surface area contributed by atoms with Crippen molar-refractivity contribution in [1.29, 1.82) is 0 Å². The first kappa shape index (κ1) is 15.3. The zero-order valence-corrected chi connectivity index (χ0v) is 10.9. The molecule has 3 N–H and O–H groups in total. The maximum Gasteiger partial charge on any atom is 0.325 e. The predicted molar refractivity (Wildman–Crippen MR) is 70.1 cm³/mol. The lowest BCUT2D eigenvalue weighted by Crippen LogP contribution is -2.24. The van der Waals surface area contributed by atoms with Crippen molar-refractivity contribution < 1.29 is 9.53 Å². The Labute approximate surface area is 103 Å². The Hall–Kier alpha value is -1.71. The van der Waals surface area contributed by atoms with Gasteiger partial charge in [0, 0.05) is 11.4 Å². The number of carbonyl (C=O) groups is 1. The molecule has 4 heteroatoms. The van der Waals surface area contributed by atoms with E-state index in [2.05, 4.69) is 11.9 Å². The minimum atomic E-state index is -0.285. The van der Waals surface area contributed by atoms with Crippen LogP contribution in [0, 0.1) is 0 Å². The second-order valence-electron chi connectivity index (χ2n) is 3.54. The molecule has 0 aliphatic carbocycles. The van der Waals surface area contributed by atoms with Gasteiger partial charge in [-0.05, 0) is 31.9 Å². The van der Waals surface area contributed by atoms with E-state index in [-0.39, 0.29) is 12.5 Å². The number of nitrogens with one attached hydrogen (secondary N) is 1. The lowest BCUT2D eigenvalue weighted by molar-refractivity contribution is -0.141. The molecule has 0 fully saturated rings. The molecule has 0 aliphatic rings. The van der Waals surface area contributed by atoms with Crippen molar-refractivity contribution in [3.05, 3.63) is 35.7 Å². The van der Waals surface area contributed by atoms with E-state index < -0.39 is 0 Å². The van der Waals surface area contributed by atoms with Crippen LogP contribution in [0.1, 0.15) is 27.2 Å². The molecule has 0 amide bonds. The van der Waals surface area contributed by atoms with Gasteiger partial charge in [-0.15, -0.1) is 0 Å². The summed E-state index contributed by atoms with van der Waals surface area (Å²) < 4.78 is 4.84. The zero-order valence-electron chi connectivity index (χ0n) is 10.9. The van der Waals surface area contributed by atoms with Crippen LogP contribution >= 0.6 is 0 Å². The van der Waals surface area contributed by atoms with Gasteiger partial charge in [0.05, 0.1) is 6.61 Å². The number of allylic oxidation sites excluding steroid dienone is 4. The van der Waals surface area contributed by atoms with E-state index >= 15 is 0 Å². The Balaban J connectivity index is 4.73. The highest BCUT2D eigenvalue weighted by molar-refractivity contribution is 5.72. The highest BCUT2D eigenvalue weighted by Gasteiger charge is 2.04. The second kappa shape index (κ2) is 8.44. The van der Waals surface area contributed by atoms with Crippen LogP contribution in [0.2, 0.25) is 0 Å². The molecule has 96 valence electrons. The van der Waals surface area contributed by atoms with Crippen LogP contribution < -0.4 is 11.1 Å². The smallest absolute Gasteiger partial charge is 0.325 e. The fourth-order valence-electron chi connectivity index (χ4n) is 1.31. The molecular weight excluding hydrogens is 216 g/mol. The molecule has 0 atom stereocenters. The summed E-state index contributed by atoms with van der Waals surface area (Å²) in [4.78, 5) is 11.2. The average molecular weight is 238 g/mol. The Morgan fingerprint density at radius 1 is 1.47 bits per heavy atom. The van der Waals surface area contributed by atoms with Crippen molar-refractivity contribution in [3.63, 3.8) is 0 Å². The zero-order chi connectivity index (χ0) is 13.3. The molecule has 0 aromatic carbocycles. The molecule has 4 nitrogen and oxygen atoms in total. The van der Waals surface area contributed by atoms with Gasteiger partial charge in [-0.2, -0.15) is 0 Å². The highest BCUT2D eigenvalue weighted by atomic mass is 16.5. The molecule has 17 heavy (non-hydrogen) atoms. The molecule has 0 radical (unpaired) electrons. The average Bonchev–Trinajstić information content (AvgIpc) is 2.27. The minimum Gasteiger partial charge on any atom is -0.465 e. The minimum absolute atomic E-state index is 0.129. The number of esters is 1. The van der Waals surface area contributed by atoms with E-state index in [1.54, 1.807) is 26.0 Å².